The number of azide groups is 1. The summed E-state index contributed by atoms with van der Waals surface area (Å²) >= 11 is 0. The molecule has 0 aromatic heterocycles. The van der Waals surface area contributed by atoms with Crippen molar-refractivity contribution >= 4 is 0 Å². The maximum absolute atomic E-state index is 14.0. The van der Waals surface area contributed by atoms with Crippen molar-refractivity contribution in [2.24, 2.45) is 21.9 Å². The number of hydrogen-bond donors (Lipinski definition) is 4. The zero-order valence-electron chi connectivity index (χ0n) is 81.8. The Morgan fingerprint density at radius 2 is 0.572 bits per heavy atom. The first-order valence-electron chi connectivity index (χ1n) is 50.5. The van der Waals surface area contributed by atoms with Gasteiger partial charge >= 0.3 is 0 Å². The Morgan fingerprint density at radius 3 is 0.924 bits per heavy atom. The van der Waals surface area contributed by atoms with E-state index in [1.165, 1.54) is 0 Å². The average molecular weight is 1980 g/mol. The second-order valence-corrected chi connectivity index (χ2v) is 39.4. The number of benzene rings is 11. The van der Waals surface area contributed by atoms with Gasteiger partial charge in [0.15, 0.2) is 30.9 Å². The topological polar surface area (TPSA) is 324 Å². The zero-order valence-corrected chi connectivity index (χ0v) is 81.8. The first-order chi connectivity index (χ1) is 71.2. The Bertz CT molecular complexity index is 5750. The summed E-state index contributed by atoms with van der Waals surface area (Å²) in [5.74, 6) is -0.939. The van der Waals surface area contributed by atoms with Crippen LogP contribution in [0.5, 0.6) is 0 Å². The molecule has 764 valence electrons. The first kappa shape index (κ1) is 103. The Hall–Kier alpha value is -10.3. The van der Waals surface area contributed by atoms with Crippen LogP contribution in [0.2, 0.25) is 0 Å². The molecule has 3 aliphatic carbocycles. The van der Waals surface area contributed by atoms with E-state index in [1.807, 2.05) is 334 Å². The lowest BCUT2D eigenvalue weighted by atomic mass is 9.68. The predicted molar refractivity (Wildman–Crippen MR) is 532 cm³/mol. The Kier molecular flexibility index (Phi) is 35.4. The maximum atomic E-state index is 14.0. The van der Waals surface area contributed by atoms with Gasteiger partial charge in [0.25, 0.3) is 0 Å². The third kappa shape index (κ3) is 24.7. The van der Waals surface area contributed by atoms with Crippen molar-refractivity contribution in [2.45, 2.75) is 278 Å². The van der Waals surface area contributed by atoms with E-state index in [4.69, 9.17) is 105 Å². The summed E-state index contributed by atoms with van der Waals surface area (Å²) in [5, 5.41) is 55.5. The molecule has 28 nitrogen and oxygen atoms in total. The van der Waals surface area contributed by atoms with Crippen molar-refractivity contribution in [3.05, 3.63) is 405 Å². The molecule has 4 N–H and O–H groups in total. The summed E-state index contributed by atoms with van der Waals surface area (Å²) in [4.78, 5) is 3.65. The van der Waals surface area contributed by atoms with Crippen LogP contribution in [-0.4, -0.2) is 212 Å². The highest BCUT2D eigenvalue weighted by molar-refractivity contribution is 5.26. The number of aliphatic hydroxyl groups excluding tert-OH is 4. The van der Waals surface area contributed by atoms with Gasteiger partial charge in [-0.3, -0.25) is 0 Å². The molecule has 8 aliphatic rings. The molecular formula is C117H131N3O25. The minimum atomic E-state index is -1.78. The average Bonchev–Trinajstić information content (AvgIpc) is 1.50. The van der Waals surface area contributed by atoms with Crippen molar-refractivity contribution < 1.29 is 120 Å². The molecule has 1 spiro atoms. The number of aliphatic hydroxyl groups is 4. The Labute approximate surface area is 846 Å². The number of ether oxygens (including phenoxy) is 21. The second kappa shape index (κ2) is 49.7. The van der Waals surface area contributed by atoms with Gasteiger partial charge in [-0.15, -0.1) is 0 Å². The SMILES string of the molecule is CC1(C)C2CCC1(C)C1(C2)O[C@@H]2[C@H](OCc3ccccc3)[C@@H](OCc3ccccc3)[C@H](OCc3ccccc3)[C@@H](O[C@H]3O[C@H](COCc4ccccc4)[C@@H](O[C@H]4O[C@H](CO[C@H]5O[C@H](CO)[C@@H](OCc6ccccc6)[C@H](OCc6ccccc6)[C@@H]5O[C@H]5O[C@H](CO)[C@@H](OCc6ccccc6)[C@H](OCc6ccccc6)[C@@H]5O)[C@@H](OCc5ccccc5)[C@H](OCc5ccccc5)[C@@H]4O)[C@H](OCc4ccccc4)[C@H]3N=[N+]=[N-])[C@@H]2O1. The van der Waals surface area contributed by atoms with Crippen LogP contribution in [0.3, 0.4) is 0 Å². The first-order valence-corrected chi connectivity index (χ1v) is 50.5. The molecule has 5 aliphatic heterocycles. The molecule has 11 aromatic carbocycles. The second-order valence-electron chi connectivity index (χ2n) is 39.4. The lowest BCUT2D eigenvalue weighted by Crippen LogP contribution is -2.68. The molecule has 5 saturated heterocycles. The van der Waals surface area contributed by atoms with Gasteiger partial charge in [0.1, 0.15) is 134 Å². The van der Waals surface area contributed by atoms with Crippen molar-refractivity contribution in [3.8, 4) is 0 Å². The van der Waals surface area contributed by atoms with Crippen molar-refractivity contribution in [2.75, 3.05) is 26.4 Å². The molecule has 2 bridgehead atoms. The number of hydrogen-bond acceptors (Lipinski definition) is 26. The van der Waals surface area contributed by atoms with Crippen LogP contribution in [0.15, 0.2) is 339 Å². The largest absolute Gasteiger partial charge is 0.394 e. The highest BCUT2D eigenvalue weighted by Gasteiger charge is 2.77. The third-order valence-corrected chi connectivity index (χ3v) is 29.9. The molecule has 28 heteroatoms. The lowest BCUT2D eigenvalue weighted by Gasteiger charge is -2.51. The summed E-state index contributed by atoms with van der Waals surface area (Å²) in [6.45, 7) is 5.17. The molecular weight excluding hydrogens is 1850 g/mol. The van der Waals surface area contributed by atoms with Gasteiger partial charge in [0, 0.05) is 16.7 Å². The highest BCUT2D eigenvalue weighted by atomic mass is 16.8. The number of fused-ring (bicyclic) bond motifs is 4. The fourth-order valence-corrected chi connectivity index (χ4v) is 21.8. The Morgan fingerprint density at radius 1 is 0.297 bits per heavy atom. The molecule has 11 aromatic rings. The van der Waals surface area contributed by atoms with Crippen molar-refractivity contribution in [1.82, 2.24) is 0 Å². The fraction of sp³-hybridized carbons (Fsp3) is 0.436. The smallest absolute Gasteiger partial charge is 0.187 e. The molecule has 29 atom stereocenters. The standard InChI is InChI=1S/C117H131N3O25/c1-115(2)88-59-60-116(115,3)117(61-88)144-108-106(135-74-87-57-35-14-36-58-87)104(133-72-85-53-31-12-32-54-85)105(134-73-86-55-33-13-34-56-86)107(109(108)145-117)142-111-93(119-120-118)100(129-68-81-45-23-8-24-46-81)99(91(139-111)75-125-64-77-37-15-4-16-38-77)141-113-95(124)102(131-70-83-49-27-10-28-50-83)98(128-67-80-43-21-7-22-44-80)92(140-113)76-136-114-110(103(132-71-84-51-29-11-30-52-84)97(90(63-122)138-114)127-66-79-41-19-6-20-42-79)143-112-94(123)101(130-69-82-47-25-9-26-48-82)96(89(62-121)137-112)126-65-78-39-17-5-18-40-78/h4-58,88-114,121-124H,59-76H2,1-3H3/t88?,89-,90-,91-,92-,93-,94+,95+,96-,97-,98-,99-,100-,101-,102-,103+,104+,105+,106-,107-,108-,109+,110+,111-,112-,113-,114+,116?,117?/m1/s1. The van der Waals surface area contributed by atoms with Gasteiger partial charge in [-0.25, -0.2) is 0 Å². The quantitative estimate of drug-likeness (QED) is 0.0156. The lowest BCUT2D eigenvalue weighted by molar-refractivity contribution is -0.388. The third-order valence-electron chi connectivity index (χ3n) is 29.9. The van der Waals surface area contributed by atoms with E-state index in [1.54, 1.807) is 0 Å². The monoisotopic (exact) mass is 1980 g/mol. The summed E-state index contributed by atoms with van der Waals surface area (Å²) in [7, 11) is 0. The van der Waals surface area contributed by atoms with E-state index in [2.05, 4.69) is 25.7 Å². The molecule has 3 saturated carbocycles. The van der Waals surface area contributed by atoms with Gasteiger partial charge in [0.2, 0.25) is 0 Å². The molecule has 19 rings (SSSR count). The van der Waals surface area contributed by atoms with Gasteiger partial charge in [0.05, 0.1) is 99.1 Å². The van der Waals surface area contributed by atoms with Crippen LogP contribution in [-0.2, 0) is 172 Å². The summed E-state index contributed by atoms with van der Waals surface area (Å²) in [5.41, 5.74) is 19.6. The summed E-state index contributed by atoms with van der Waals surface area (Å²) in [6.07, 6.45) is -30.5. The zero-order chi connectivity index (χ0) is 99.3. The molecule has 0 amide bonds. The van der Waals surface area contributed by atoms with Crippen LogP contribution >= 0.6 is 0 Å². The van der Waals surface area contributed by atoms with Gasteiger partial charge in [-0.1, -0.05) is 360 Å². The van der Waals surface area contributed by atoms with Gasteiger partial charge in [-0.2, -0.15) is 0 Å². The van der Waals surface area contributed by atoms with E-state index >= 15 is 0 Å². The van der Waals surface area contributed by atoms with Crippen LogP contribution in [0.4, 0.5) is 0 Å². The molecule has 0 radical (unpaired) electrons. The molecule has 3 unspecified atom stereocenters. The highest BCUT2D eigenvalue weighted by Crippen LogP contribution is 2.73. The van der Waals surface area contributed by atoms with Crippen LogP contribution in [0, 0.1) is 16.7 Å². The maximum Gasteiger partial charge on any atom is 0.187 e. The van der Waals surface area contributed by atoms with Gasteiger partial charge in [-0.05, 0) is 90.9 Å². The van der Waals surface area contributed by atoms with Crippen LogP contribution in [0.25, 0.3) is 10.4 Å². The van der Waals surface area contributed by atoms with Crippen molar-refractivity contribution in [1.29, 1.82) is 0 Å². The van der Waals surface area contributed by atoms with E-state index in [0.717, 1.165) is 74.0 Å². The van der Waals surface area contributed by atoms with Crippen LogP contribution in [0.1, 0.15) is 101 Å². The normalized spacial score (nSPS) is 32.0. The van der Waals surface area contributed by atoms with Crippen LogP contribution < -0.4 is 0 Å². The molecule has 145 heavy (non-hydrogen) atoms. The fourth-order valence-electron chi connectivity index (χ4n) is 21.8. The molecule has 5 heterocycles. The Balaban J connectivity index is 0.715. The summed E-state index contributed by atoms with van der Waals surface area (Å²) < 4.78 is 154. The van der Waals surface area contributed by atoms with Crippen molar-refractivity contribution in [3.63, 3.8) is 0 Å². The molecule has 8 fully saturated rings. The van der Waals surface area contributed by atoms with E-state index in [0.29, 0.717) is 6.42 Å². The van der Waals surface area contributed by atoms with E-state index in [-0.39, 0.29) is 90.6 Å². The van der Waals surface area contributed by atoms with E-state index in [9.17, 15) is 26.0 Å². The van der Waals surface area contributed by atoms with Gasteiger partial charge < -0.3 is 120 Å². The predicted octanol–water partition coefficient (Wildman–Crippen LogP) is 16.9. The minimum Gasteiger partial charge on any atom is -0.394 e. The number of nitrogens with zero attached hydrogens (tertiary/aromatic N) is 3. The van der Waals surface area contributed by atoms with E-state index < -0.39 is 190 Å². The minimum absolute atomic E-state index is 0.0114. The number of rotatable bonds is 46. The summed E-state index contributed by atoms with van der Waals surface area (Å²) in [6, 6.07) is 104.